The highest BCUT2D eigenvalue weighted by atomic mass is 16.5. The molecule has 6 heteroatoms. The first-order chi connectivity index (χ1) is 13.3. The van der Waals surface area contributed by atoms with Crippen molar-refractivity contribution in [3.05, 3.63) is 54.1 Å². The maximum Gasteiger partial charge on any atom is 0.223 e. The van der Waals surface area contributed by atoms with Gasteiger partial charge < -0.3 is 14.6 Å². The third-order valence-electron chi connectivity index (χ3n) is 4.97. The lowest BCUT2D eigenvalue weighted by molar-refractivity contribution is -0.121. The fourth-order valence-corrected chi connectivity index (χ4v) is 3.52. The second kappa shape index (κ2) is 8.20. The Hall–Kier alpha value is -2.89. The molecule has 140 valence electrons. The number of benzene rings is 2. The van der Waals surface area contributed by atoms with Gasteiger partial charge in [0.05, 0.1) is 19.6 Å². The summed E-state index contributed by atoms with van der Waals surface area (Å²) in [5, 5.41) is 13.6. The van der Waals surface area contributed by atoms with Crippen LogP contribution in [0.4, 0.5) is 0 Å². The molecule has 3 aromatic rings. The van der Waals surface area contributed by atoms with Gasteiger partial charge in [0, 0.05) is 18.4 Å². The van der Waals surface area contributed by atoms with Gasteiger partial charge in [-0.2, -0.15) is 0 Å². The number of ether oxygens (including phenoxy) is 1. The van der Waals surface area contributed by atoms with Crippen LogP contribution in [0.5, 0.6) is 5.75 Å². The van der Waals surface area contributed by atoms with Gasteiger partial charge in [0.2, 0.25) is 5.91 Å². The van der Waals surface area contributed by atoms with Gasteiger partial charge >= 0.3 is 0 Å². The van der Waals surface area contributed by atoms with Crippen molar-refractivity contribution < 1.29 is 9.53 Å². The smallest absolute Gasteiger partial charge is 0.223 e. The molecule has 1 aromatic heterocycles. The van der Waals surface area contributed by atoms with E-state index >= 15 is 0 Å². The molecule has 27 heavy (non-hydrogen) atoms. The predicted octanol–water partition coefficient (Wildman–Crippen LogP) is 3.24. The van der Waals surface area contributed by atoms with Crippen molar-refractivity contribution in [2.45, 2.75) is 45.2 Å². The molecule has 2 heterocycles. The van der Waals surface area contributed by atoms with Gasteiger partial charge in [-0.25, -0.2) is 0 Å². The summed E-state index contributed by atoms with van der Waals surface area (Å²) in [6, 6.07) is 14.0. The van der Waals surface area contributed by atoms with Crippen LogP contribution < -0.4 is 10.1 Å². The summed E-state index contributed by atoms with van der Waals surface area (Å²) in [6.45, 7) is 1.70. The summed E-state index contributed by atoms with van der Waals surface area (Å²) in [5.74, 6) is 2.65. The Morgan fingerprint density at radius 2 is 1.96 bits per heavy atom. The summed E-state index contributed by atoms with van der Waals surface area (Å²) in [7, 11) is 0. The van der Waals surface area contributed by atoms with Gasteiger partial charge in [0.1, 0.15) is 11.6 Å². The number of aryl methyl sites for hydroxylation is 1. The minimum atomic E-state index is -0.0405. The maximum absolute atomic E-state index is 12.2. The number of fused-ring (bicyclic) bond motifs is 2. The van der Waals surface area contributed by atoms with E-state index in [1.807, 2.05) is 30.3 Å². The molecule has 4 rings (SSSR count). The SMILES string of the molecule is O=C(CCOc1cccc2ccccc12)NCc1nnc2n1CCCCC2. The van der Waals surface area contributed by atoms with Gasteiger partial charge in [-0.05, 0) is 24.3 Å². The van der Waals surface area contributed by atoms with Gasteiger partial charge in [-0.3, -0.25) is 4.79 Å². The first-order valence-electron chi connectivity index (χ1n) is 9.59. The molecule has 2 aromatic carbocycles. The molecule has 0 unspecified atom stereocenters. The first kappa shape index (κ1) is 17.5. The van der Waals surface area contributed by atoms with Crippen LogP contribution in [-0.2, 0) is 24.3 Å². The van der Waals surface area contributed by atoms with Crippen LogP contribution in [0.2, 0.25) is 0 Å². The molecule has 0 saturated heterocycles. The number of carbonyl (C=O) groups is 1. The molecular formula is C21H24N4O2. The average Bonchev–Trinajstić information content (AvgIpc) is 2.92. The highest BCUT2D eigenvalue weighted by Gasteiger charge is 2.15. The zero-order valence-electron chi connectivity index (χ0n) is 15.4. The van der Waals surface area contributed by atoms with Crippen LogP contribution in [0.1, 0.15) is 37.3 Å². The van der Waals surface area contributed by atoms with E-state index in [1.165, 1.54) is 6.42 Å². The summed E-state index contributed by atoms with van der Waals surface area (Å²) in [5.41, 5.74) is 0. The summed E-state index contributed by atoms with van der Waals surface area (Å²) >= 11 is 0. The first-order valence-corrected chi connectivity index (χ1v) is 9.59. The van der Waals surface area contributed by atoms with Crippen molar-refractivity contribution in [1.29, 1.82) is 0 Å². The Labute approximate surface area is 158 Å². The van der Waals surface area contributed by atoms with Crippen LogP contribution in [0.25, 0.3) is 10.8 Å². The molecule has 1 N–H and O–H groups in total. The lowest BCUT2D eigenvalue weighted by Crippen LogP contribution is -2.26. The maximum atomic E-state index is 12.2. The van der Waals surface area contributed by atoms with Crippen LogP contribution >= 0.6 is 0 Å². The Bertz CT molecular complexity index is 930. The molecule has 0 saturated carbocycles. The third-order valence-corrected chi connectivity index (χ3v) is 4.97. The van der Waals surface area contributed by atoms with Crippen LogP contribution in [0.15, 0.2) is 42.5 Å². The van der Waals surface area contributed by atoms with Gasteiger partial charge in [0.15, 0.2) is 5.82 Å². The minimum absolute atomic E-state index is 0.0405. The number of rotatable bonds is 6. The van der Waals surface area contributed by atoms with Crippen molar-refractivity contribution in [3.63, 3.8) is 0 Å². The molecular weight excluding hydrogens is 340 g/mol. The fourth-order valence-electron chi connectivity index (χ4n) is 3.52. The Morgan fingerprint density at radius 3 is 2.93 bits per heavy atom. The van der Waals surface area contributed by atoms with Crippen molar-refractivity contribution >= 4 is 16.7 Å². The number of aromatic nitrogens is 3. The molecule has 6 nitrogen and oxygen atoms in total. The van der Waals surface area contributed by atoms with Crippen molar-refractivity contribution in [1.82, 2.24) is 20.1 Å². The molecule has 1 aliphatic rings. The number of hydrogen-bond acceptors (Lipinski definition) is 4. The van der Waals surface area contributed by atoms with Gasteiger partial charge in [-0.1, -0.05) is 42.8 Å². The number of nitrogens with zero attached hydrogens (tertiary/aromatic N) is 3. The topological polar surface area (TPSA) is 69.0 Å². The lowest BCUT2D eigenvalue weighted by Gasteiger charge is -2.10. The standard InChI is InChI=1S/C21H24N4O2/c26-21(22-15-20-24-23-19-11-2-1-5-13-25(19)20)12-14-27-18-10-6-8-16-7-3-4-9-17(16)18/h3-4,6-10H,1-2,5,11-15H2,(H,22,26). The van der Waals surface area contributed by atoms with Gasteiger partial charge in [-0.15, -0.1) is 10.2 Å². The highest BCUT2D eigenvalue weighted by Crippen LogP contribution is 2.25. The van der Waals surface area contributed by atoms with E-state index in [4.69, 9.17) is 4.74 Å². The predicted molar refractivity (Wildman–Crippen MR) is 103 cm³/mol. The van der Waals surface area contributed by atoms with Crippen molar-refractivity contribution in [2.75, 3.05) is 6.61 Å². The van der Waals surface area contributed by atoms with E-state index in [-0.39, 0.29) is 5.91 Å². The molecule has 1 amide bonds. The summed E-state index contributed by atoms with van der Waals surface area (Å²) < 4.78 is 7.99. The second-order valence-corrected chi connectivity index (χ2v) is 6.85. The minimum Gasteiger partial charge on any atom is -0.492 e. The lowest BCUT2D eigenvalue weighted by atomic mass is 10.1. The number of nitrogens with one attached hydrogen (secondary N) is 1. The zero-order valence-corrected chi connectivity index (χ0v) is 15.4. The Kier molecular flexibility index (Phi) is 5.32. The molecule has 0 spiro atoms. The fraction of sp³-hybridized carbons (Fsp3) is 0.381. The van der Waals surface area contributed by atoms with Crippen LogP contribution in [0.3, 0.4) is 0 Å². The Balaban J connectivity index is 1.28. The third kappa shape index (κ3) is 4.10. The van der Waals surface area contributed by atoms with E-state index in [2.05, 4.69) is 32.2 Å². The average molecular weight is 364 g/mol. The number of carbonyl (C=O) groups excluding carboxylic acids is 1. The van der Waals surface area contributed by atoms with E-state index in [9.17, 15) is 4.79 Å². The van der Waals surface area contributed by atoms with Crippen molar-refractivity contribution in [2.24, 2.45) is 0 Å². The highest BCUT2D eigenvalue weighted by molar-refractivity contribution is 5.88. The normalized spacial score (nSPS) is 13.8. The summed E-state index contributed by atoms with van der Waals surface area (Å²) in [6.07, 6.45) is 4.81. The molecule has 0 bridgehead atoms. The molecule has 0 radical (unpaired) electrons. The monoisotopic (exact) mass is 364 g/mol. The number of hydrogen-bond donors (Lipinski definition) is 1. The van der Waals surface area contributed by atoms with E-state index < -0.39 is 0 Å². The van der Waals surface area contributed by atoms with Crippen molar-refractivity contribution in [3.8, 4) is 5.75 Å². The van der Waals surface area contributed by atoms with Crippen LogP contribution in [0, 0.1) is 0 Å². The second-order valence-electron chi connectivity index (χ2n) is 6.85. The molecule has 1 aliphatic heterocycles. The van der Waals surface area contributed by atoms with E-state index in [0.29, 0.717) is 19.6 Å². The molecule has 0 fully saturated rings. The summed E-state index contributed by atoms with van der Waals surface area (Å²) in [4.78, 5) is 12.2. The van der Waals surface area contributed by atoms with E-state index in [1.54, 1.807) is 0 Å². The van der Waals surface area contributed by atoms with Gasteiger partial charge in [0.25, 0.3) is 0 Å². The Morgan fingerprint density at radius 1 is 1.07 bits per heavy atom. The largest absolute Gasteiger partial charge is 0.492 e. The number of amides is 1. The van der Waals surface area contributed by atoms with E-state index in [0.717, 1.165) is 54.0 Å². The molecule has 0 aliphatic carbocycles. The van der Waals surface area contributed by atoms with Crippen LogP contribution in [-0.4, -0.2) is 27.3 Å². The zero-order chi connectivity index (χ0) is 18.5. The quantitative estimate of drug-likeness (QED) is 0.729. The molecule has 0 atom stereocenters.